The first-order valence-electron chi connectivity index (χ1n) is 5.86. The highest BCUT2D eigenvalue weighted by Gasteiger charge is 2.18. The van der Waals surface area contributed by atoms with Gasteiger partial charge in [0.1, 0.15) is 5.75 Å². The van der Waals surface area contributed by atoms with Crippen LogP contribution in [0.25, 0.3) is 11.3 Å². The third-order valence-electron chi connectivity index (χ3n) is 2.53. The van der Waals surface area contributed by atoms with Crippen LogP contribution >= 0.6 is 0 Å². The monoisotopic (exact) mass is 276 g/mol. The Hall–Kier alpha value is -2.76. The van der Waals surface area contributed by atoms with Crippen LogP contribution in [0.3, 0.4) is 0 Å². The summed E-state index contributed by atoms with van der Waals surface area (Å²) in [5.41, 5.74) is -0.397. The molecule has 2 rings (SSSR count). The van der Waals surface area contributed by atoms with Crippen LogP contribution < -0.4 is 5.43 Å². The summed E-state index contributed by atoms with van der Waals surface area (Å²) in [6.45, 7) is 1.76. The number of esters is 1. The third kappa shape index (κ3) is 2.64. The highest BCUT2D eigenvalue weighted by Crippen LogP contribution is 2.28. The maximum Gasteiger partial charge on any atom is 0.374 e. The van der Waals surface area contributed by atoms with Gasteiger partial charge in [-0.25, -0.2) is 4.79 Å². The van der Waals surface area contributed by atoms with Gasteiger partial charge in [-0.15, -0.1) is 0 Å². The van der Waals surface area contributed by atoms with Crippen LogP contribution in [-0.4, -0.2) is 22.8 Å². The zero-order chi connectivity index (χ0) is 14.7. The molecule has 0 bridgehead atoms. The second-order valence-corrected chi connectivity index (χ2v) is 3.92. The van der Waals surface area contributed by atoms with Gasteiger partial charge in [0.25, 0.3) is 0 Å². The highest BCUT2D eigenvalue weighted by molar-refractivity contribution is 5.87. The molecule has 1 aromatic heterocycles. The average molecular weight is 276 g/mol. The summed E-state index contributed by atoms with van der Waals surface area (Å²) < 4.78 is 9.96. The topological polar surface area (TPSA) is 97.0 Å². The Morgan fingerprint density at radius 3 is 2.50 bits per heavy atom. The highest BCUT2D eigenvalue weighted by atomic mass is 16.5. The summed E-state index contributed by atoms with van der Waals surface area (Å²) in [5.74, 6) is -1.82. The number of carbonyl (C=O) groups is 1. The normalized spacial score (nSPS) is 10.2. The molecular formula is C14H12O6. The summed E-state index contributed by atoms with van der Waals surface area (Å²) >= 11 is 0. The summed E-state index contributed by atoms with van der Waals surface area (Å²) in [6, 6.07) is 6.50. The van der Waals surface area contributed by atoms with E-state index in [-0.39, 0.29) is 23.9 Å². The van der Waals surface area contributed by atoms with Crippen LogP contribution in [0.5, 0.6) is 11.5 Å². The summed E-state index contributed by atoms with van der Waals surface area (Å²) in [6.07, 6.45) is 0. The number of hydrogen-bond acceptors (Lipinski definition) is 6. The molecule has 1 aromatic carbocycles. The van der Waals surface area contributed by atoms with Crippen LogP contribution in [0.15, 0.2) is 39.5 Å². The number of phenolic OH excluding ortho intramolecular Hbond substituents is 1. The zero-order valence-corrected chi connectivity index (χ0v) is 10.6. The predicted octanol–water partition coefficient (Wildman–Crippen LogP) is 1.89. The molecule has 104 valence electrons. The van der Waals surface area contributed by atoms with Crippen molar-refractivity contribution in [3.05, 3.63) is 46.3 Å². The van der Waals surface area contributed by atoms with Gasteiger partial charge in [0, 0.05) is 11.6 Å². The fourth-order valence-electron chi connectivity index (χ4n) is 1.60. The molecule has 0 aliphatic carbocycles. The summed E-state index contributed by atoms with van der Waals surface area (Å²) in [7, 11) is 0. The molecule has 0 amide bonds. The van der Waals surface area contributed by atoms with E-state index in [0.29, 0.717) is 5.56 Å². The van der Waals surface area contributed by atoms with Crippen LogP contribution in [-0.2, 0) is 4.74 Å². The van der Waals surface area contributed by atoms with Crippen molar-refractivity contribution in [2.24, 2.45) is 0 Å². The van der Waals surface area contributed by atoms with E-state index in [9.17, 15) is 19.8 Å². The third-order valence-corrected chi connectivity index (χ3v) is 2.53. The Kier molecular flexibility index (Phi) is 3.74. The van der Waals surface area contributed by atoms with E-state index in [2.05, 4.69) is 0 Å². The number of rotatable bonds is 3. The number of aromatic hydroxyl groups is 2. The van der Waals surface area contributed by atoms with Crippen molar-refractivity contribution in [3.8, 4) is 22.8 Å². The summed E-state index contributed by atoms with van der Waals surface area (Å²) in [5, 5.41) is 18.9. The molecule has 0 aliphatic heterocycles. The van der Waals surface area contributed by atoms with Crippen LogP contribution in [0, 0.1) is 0 Å². The van der Waals surface area contributed by atoms with Gasteiger partial charge in [-0.2, -0.15) is 0 Å². The van der Waals surface area contributed by atoms with Gasteiger partial charge in [0.05, 0.1) is 6.61 Å². The van der Waals surface area contributed by atoms with E-state index in [1.165, 1.54) is 24.3 Å². The van der Waals surface area contributed by atoms with Crippen molar-refractivity contribution in [2.45, 2.75) is 6.92 Å². The van der Waals surface area contributed by atoms with Gasteiger partial charge in [-0.05, 0) is 31.2 Å². The fraction of sp³-hybridized carbons (Fsp3) is 0.143. The lowest BCUT2D eigenvalue weighted by Crippen LogP contribution is -2.10. The van der Waals surface area contributed by atoms with E-state index < -0.39 is 17.1 Å². The van der Waals surface area contributed by atoms with E-state index in [4.69, 9.17) is 9.15 Å². The Morgan fingerprint density at radius 1 is 1.25 bits per heavy atom. The first-order chi connectivity index (χ1) is 9.52. The number of ether oxygens (including phenoxy) is 1. The number of phenols is 1. The van der Waals surface area contributed by atoms with Crippen molar-refractivity contribution in [1.82, 2.24) is 0 Å². The minimum absolute atomic E-state index is 0.0251. The largest absolute Gasteiger partial charge is 0.508 e. The Bertz CT molecular complexity index is 684. The standard InChI is InChI=1S/C14H12O6/c1-2-19-14(18)11-7-10(16)12(17)13(20-11)8-3-5-9(15)6-4-8/h3-7,15,17H,2H2,1H3. The predicted molar refractivity (Wildman–Crippen MR) is 69.7 cm³/mol. The van der Waals surface area contributed by atoms with Gasteiger partial charge in [-0.1, -0.05) is 0 Å². The zero-order valence-electron chi connectivity index (χ0n) is 10.6. The van der Waals surface area contributed by atoms with E-state index in [1.54, 1.807) is 6.92 Å². The molecule has 6 heteroatoms. The van der Waals surface area contributed by atoms with Crippen molar-refractivity contribution >= 4 is 5.97 Å². The second-order valence-electron chi connectivity index (χ2n) is 3.92. The number of benzene rings is 1. The maximum atomic E-state index is 11.6. The maximum absolute atomic E-state index is 11.6. The van der Waals surface area contributed by atoms with Crippen molar-refractivity contribution < 1.29 is 24.2 Å². The molecule has 0 fully saturated rings. The number of carbonyl (C=O) groups excluding carboxylic acids is 1. The molecule has 0 aliphatic rings. The Balaban J connectivity index is 2.55. The van der Waals surface area contributed by atoms with Crippen LogP contribution in [0.4, 0.5) is 0 Å². The molecule has 20 heavy (non-hydrogen) atoms. The molecule has 1 heterocycles. The molecule has 0 radical (unpaired) electrons. The van der Waals surface area contributed by atoms with E-state index in [0.717, 1.165) is 6.07 Å². The van der Waals surface area contributed by atoms with Gasteiger partial charge < -0.3 is 19.4 Å². The van der Waals surface area contributed by atoms with Gasteiger partial charge in [0.15, 0.2) is 5.76 Å². The van der Waals surface area contributed by atoms with Gasteiger partial charge >= 0.3 is 5.97 Å². The first kappa shape index (κ1) is 13.7. The van der Waals surface area contributed by atoms with Crippen molar-refractivity contribution in [2.75, 3.05) is 6.61 Å². The van der Waals surface area contributed by atoms with Crippen molar-refractivity contribution in [3.63, 3.8) is 0 Å². The molecule has 0 spiro atoms. The Morgan fingerprint density at radius 2 is 1.90 bits per heavy atom. The minimum Gasteiger partial charge on any atom is -0.508 e. The van der Waals surface area contributed by atoms with E-state index in [1.807, 2.05) is 0 Å². The lowest BCUT2D eigenvalue weighted by atomic mass is 10.1. The van der Waals surface area contributed by atoms with Gasteiger partial charge in [0.2, 0.25) is 16.9 Å². The average Bonchev–Trinajstić information content (AvgIpc) is 2.43. The lowest BCUT2D eigenvalue weighted by molar-refractivity contribution is 0.0488. The fourth-order valence-corrected chi connectivity index (χ4v) is 1.60. The molecule has 0 saturated carbocycles. The quantitative estimate of drug-likeness (QED) is 0.831. The van der Waals surface area contributed by atoms with Crippen molar-refractivity contribution in [1.29, 1.82) is 0 Å². The molecule has 6 nitrogen and oxygen atoms in total. The minimum atomic E-state index is -0.787. The summed E-state index contributed by atoms with van der Waals surface area (Å²) in [4.78, 5) is 23.2. The SMILES string of the molecule is CCOC(=O)c1cc(=O)c(O)c(-c2ccc(O)cc2)o1. The van der Waals surface area contributed by atoms with Crippen LogP contribution in [0.1, 0.15) is 17.5 Å². The molecule has 0 saturated heterocycles. The molecular weight excluding hydrogens is 264 g/mol. The van der Waals surface area contributed by atoms with E-state index >= 15 is 0 Å². The van der Waals surface area contributed by atoms with Crippen LogP contribution in [0.2, 0.25) is 0 Å². The lowest BCUT2D eigenvalue weighted by Gasteiger charge is -2.06. The number of hydrogen-bond donors (Lipinski definition) is 2. The van der Waals surface area contributed by atoms with Gasteiger partial charge in [-0.3, -0.25) is 4.79 Å². The molecule has 2 aromatic rings. The molecule has 0 unspecified atom stereocenters. The second kappa shape index (κ2) is 5.48. The molecule has 0 atom stereocenters. The molecule has 2 N–H and O–H groups in total. The smallest absolute Gasteiger partial charge is 0.374 e. The first-order valence-corrected chi connectivity index (χ1v) is 5.86. The Labute approximate surface area is 113 Å².